The Morgan fingerprint density at radius 1 is 1.44 bits per heavy atom. The summed E-state index contributed by atoms with van der Waals surface area (Å²) in [6.45, 7) is 9.61. The molecule has 1 aromatic rings. The van der Waals surface area contributed by atoms with E-state index in [2.05, 4.69) is 29.2 Å². The van der Waals surface area contributed by atoms with Gasteiger partial charge in [0.1, 0.15) is 6.10 Å². The fraction of sp³-hybridized carbons (Fsp3) is 0.765. The summed E-state index contributed by atoms with van der Waals surface area (Å²) in [5.74, 6) is 0.939. The van der Waals surface area contributed by atoms with Crippen LogP contribution in [-0.2, 0) is 16.5 Å². The molecule has 1 aliphatic rings. The van der Waals surface area contributed by atoms with Crippen molar-refractivity contribution < 1.29 is 9.47 Å². The number of nitrogens with one attached hydrogen (secondary N) is 1. The SMILES string of the molecule is CCCCOCCN=C(NCC)N1CCOC(c2cnn(C)c2)C1.I. The second-order valence-corrected chi connectivity index (χ2v) is 5.95. The number of aliphatic imine (C=N–C) groups is 1. The van der Waals surface area contributed by atoms with Crippen molar-refractivity contribution in [1.82, 2.24) is 20.0 Å². The van der Waals surface area contributed by atoms with Crippen molar-refractivity contribution in [3.05, 3.63) is 18.0 Å². The van der Waals surface area contributed by atoms with Crippen molar-refractivity contribution >= 4 is 29.9 Å². The highest BCUT2D eigenvalue weighted by atomic mass is 127. The quantitative estimate of drug-likeness (QED) is 0.276. The molecule has 2 heterocycles. The van der Waals surface area contributed by atoms with E-state index in [0.29, 0.717) is 19.8 Å². The molecule has 1 atom stereocenters. The zero-order valence-electron chi connectivity index (χ0n) is 15.6. The van der Waals surface area contributed by atoms with E-state index in [4.69, 9.17) is 14.5 Å². The molecule has 0 amide bonds. The van der Waals surface area contributed by atoms with Gasteiger partial charge in [-0.1, -0.05) is 13.3 Å². The Labute approximate surface area is 168 Å². The first-order chi connectivity index (χ1) is 11.7. The third-order valence-corrected chi connectivity index (χ3v) is 3.94. The maximum absolute atomic E-state index is 5.90. The van der Waals surface area contributed by atoms with Crippen LogP contribution >= 0.6 is 24.0 Å². The molecule has 1 fully saturated rings. The number of hydrogen-bond acceptors (Lipinski definition) is 4. The Morgan fingerprint density at radius 3 is 2.96 bits per heavy atom. The molecule has 0 bridgehead atoms. The highest BCUT2D eigenvalue weighted by molar-refractivity contribution is 14.0. The number of morpholine rings is 1. The summed E-state index contributed by atoms with van der Waals surface area (Å²) in [6.07, 6.45) is 6.20. The maximum atomic E-state index is 5.90. The molecule has 144 valence electrons. The van der Waals surface area contributed by atoms with E-state index in [1.54, 1.807) is 0 Å². The van der Waals surface area contributed by atoms with E-state index >= 15 is 0 Å². The van der Waals surface area contributed by atoms with Crippen molar-refractivity contribution in [1.29, 1.82) is 0 Å². The van der Waals surface area contributed by atoms with Gasteiger partial charge in [-0.15, -0.1) is 24.0 Å². The standard InChI is InChI=1S/C17H31N5O2.HI/c1-4-6-9-23-10-7-19-17(18-5-2)22-8-11-24-16(14-22)15-12-20-21(3)13-15;/h12-13,16H,4-11,14H2,1-3H3,(H,18,19);1H. The van der Waals surface area contributed by atoms with Gasteiger partial charge in [0.2, 0.25) is 0 Å². The molecule has 0 aliphatic carbocycles. The van der Waals surface area contributed by atoms with Gasteiger partial charge in [-0.25, -0.2) is 0 Å². The molecular formula is C17H32IN5O2. The van der Waals surface area contributed by atoms with Gasteiger partial charge < -0.3 is 19.7 Å². The zero-order valence-corrected chi connectivity index (χ0v) is 17.9. The highest BCUT2D eigenvalue weighted by Gasteiger charge is 2.25. The fourth-order valence-electron chi connectivity index (χ4n) is 2.64. The van der Waals surface area contributed by atoms with Gasteiger partial charge in [-0.3, -0.25) is 9.67 Å². The molecule has 0 saturated carbocycles. The molecule has 7 nitrogen and oxygen atoms in total. The number of rotatable bonds is 8. The second kappa shape index (κ2) is 12.5. The molecule has 1 unspecified atom stereocenters. The molecule has 0 spiro atoms. The largest absolute Gasteiger partial charge is 0.380 e. The number of unbranched alkanes of at least 4 members (excludes halogenated alkanes) is 1. The number of hydrogen-bond donors (Lipinski definition) is 1. The number of guanidine groups is 1. The van der Waals surface area contributed by atoms with Gasteiger partial charge in [0.25, 0.3) is 0 Å². The first kappa shape index (κ1) is 22.2. The predicted molar refractivity (Wildman–Crippen MR) is 111 cm³/mol. The van der Waals surface area contributed by atoms with Gasteiger partial charge in [-0.2, -0.15) is 5.10 Å². The van der Waals surface area contributed by atoms with Crippen LogP contribution in [0.2, 0.25) is 0 Å². The monoisotopic (exact) mass is 465 g/mol. The summed E-state index contributed by atoms with van der Waals surface area (Å²) < 4.78 is 13.3. The average molecular weight is 465 g/mol. The third kappa shape index (κ3) is 7.49. The van der Waals surface area contributed by atoms with Crippen LogP contribution in [0.5, 0.6) is 0 Å². The summed E-state index contributed by atoms with van der Waals surface area (Å²) in [7, 11) is 1.92. The van der Waals surface area contributed by atoms with Crippen molar-refractivity contribution in [2.45, 2.75) is 32.8 Å². The van der Waals surface area contributed by atoms with Gasteiger partial charge in [0.15, 0.2) is 5.96 Å². The minimum absolute atomic E-state index is 0. The lowest BCUT2D eigenvalue weighted by Crippen LogP contribution is -2.48. The summed E-state index contributed by atoms with van der Waals surface area (Å²) in [5, 5.41) is 7.61. The summed E-state index contributed by atoms with van der Waals surface area (Å²) in [6, 6.07) is 0. The minimum Gasteiger partial charge on any atom is -0.380 e. The average Bonchev–Trinajstić information content (AvgIpc) is 3.03. The van der Waals surface area contributed by atoms with E-state index in [9.17, 15) is 0 Å². The molecule has 0 radical (unpaired) electrons. The zero-order chi connectivity index (χ0) is 17.2. The Morgan fingerprint density at radius 2 is 2.28 bits per heavy atom. The van der Waals surface area contributed by atoms with Crippen LogP contribution in [0.15, 0.2) is 17.4 Å². The van der Waals surface area contributed by atoms with Crippen LogP contribution in [0, 0.1) is 0 Å². The first-order valence-electron chi connectivity index (χ1n) is 8.95. The molecule has 1 saturated heterocycles. The van der Waals surface area contributed by atoms with Crippen molar-refractivity contribution in [3.63, 3.8) is 0 Å². The van der Waals surface area contributed by atoms with Gasteiger partial charge in [-0.05, 0) is 13.3 Å². The highest BCUT2D eigenvalue weighted by Crippen LogP contribution is 2.21. The number of ether oxygens (including phenoxy) is 2. The number of aromatic nitrogens is 2. The van der Waals surface area contributed by atoms with E-state index < -0.39 is 0 Å². The molecule has 1 aromatic heterocycles. The molecule has 0 aromatic carbocycles. The second-order valence-electron chi connectivity index (χ2n) is 5.95. The molecular weight excluding hydrogens is 433 g/mol. The third-order valence-electron chi connectivity index (χ3n) is 3.94. The number of nitrogens with zero attached hydrogens (tertiary/aromatic N) is 4. The molecule has 8 heteroatoms. The van der Waals surface area contributed by atoms with E-state index in [-0.39, 0.29) is 30.1 Å². The Hall–Kier alpha value is -0.870. The Kier molecular flexibility index (Phi) is 11.1. The minimum atomic E-state index is 0. The van der Waals surface area contributed by atoms with Crippen molar-refractivity contribution in [3.8, 4) is 0 Å². The normalized spacial score (nSPS) is 18.1. The Balaban J connectivity index is 0.00000312. The maximum Gasteiger partial charge on any atom is 0.194 e. The van der Waals surface area contributed by atoms with Crippen molar-refractivity contribution in [2.75, 3.05) is 46.0 Å². The number of halogens is 1. The van der Waals surface area contributed by atoms with Crippen LogP contribution < -0.4 is 5.32 Å². The molecule has 1 aliphatic heterocycles. The first-order valence-corrected chi connectivity index (χ1v) is 8.95. The predicted octanol–water partition coefficient (Wildman–Crippen LogP) is 2.19. The lowest BCUT2D eigenvalue weighted by Gasteiger charge is -2.34. The summed E-state index contributed by atoms with van der Waals surface area (Å²) in [5.41, 5.74) is 1.11. The lowest BCUT2D eigenvalue weighted by molar-refractivity contribution is -0.00808. The number of aryl methyl sites for hydroxylation is 1. The van der Waals surface area contributed by atoms with Gasteiger partial charge >= 0.3 is 0 Å². The van der Waals surface area contributed by atoms with E-state index in [1.165, 1.54) is 0 Å². The summed E-state index contributed by atoms with van der Waals surface area (Å²) in [4.78, 5) is 6.96. The van der Waals surface area contributed by atoms with Crippen LogP contribution in [-0.4, -0.2) is 66.6 Å². The van der Waals surface area contributed by atoms with Crippen LogP contribution in [0.4, 0.5) is 0 Å². The van der Waals surface area contributed by atoms with Crippen LogP contribution in [0.1, 0.15) is 38.4 Å². The van der Waals surface area contributed by atoms with E-state index in [1.807, 2.05) is 24.1 Å². The van der Waals surface area contributed by atoms with Crippen molar-refractivity contribution in [2.24, 2.45) is 12.0 Å². The van der Waals surface area contributed by atoms with Crippen LogP contribution in [0.3, 0.4) is 0 Å². The molecule has 2 rings (SSSR count). The van der Waals surface area contributed by atoms with Gasteiger partial charge in [0, 0.05) is 38.5 Å². The topological polar surface area (TPSA) is 63.9 Å². The molecule has 25 heavy (non-hydrogen) atoms. The lowest BCUT2D eigenvalue weighted by atomic mass is 10.1. The smallest absolute Gasteiger partial charge is 0.194 e. The fourth-order valence-corrected chi connectivity index (χ4v) is 2.64. The summed E-state index contributed by atoms with van der Waals surface area (Å²) >= 11 is 0. The Bertz CT molecular complexity index is 509. The van der Waals surface area contributed by atoms with E-state index in [0.717, 1.165) is 50.6 Å². The molecule has 1 N–H and O–H groups in total. The van der Waals surface area contributed by atoms with Gasteiger partial charge in [0.05, 0.1) is 32.5 Å². The van der Waals surface area contributed by atoms with Crippen LogP contribution in [0.25, 0.3) is 0 Å².